The van der Waals surface area contributed by atoms with E-state index in [4.69, 9.17) is 11.6 Å². The van der Waals surface area contributed by atoms with Crippen LogP contribution in [0.4, 0.5) is 0 Å². The van der Waals surface area contributed by atoms with Gasteiger partial charge in [-0.15, -0.1) is 0 Å². The smallest absolute Gasteiger partial charge is 0.423 e. The molecule has 0 saturated heterocycles. The molecule has 116 valence electrons. The van der Waals surface area contributed by atoms with E-state index in [1.165, 1.54) is 17.0 Å². The summed E-state index contributed by atoms with van der Waals surface area (Å²) in [5, 5.41) is 18.7. The van der Waals surface area contributed by atoms with Gasteiger partial charge in [0.25, 0.3) is 5.56 Å². The molecule has 0 saturated carbocycles. The lowest BCUT2D eigenvalue weighted by Gasteiger charge is -2.08. The maximum Gasteiger partial charge on any atom is 0.491 e. The summed E-state index contributed by atoms with van der Waals surface area (Å²) in [5.41, 5.74) is 1.93. The first-order chi connectivity index (χ1) is 11.0. The van der Waals surface area contributed by atoms with Crippen molar-refractivity contribution in [1.82, 2.24) is 14.5 Å². The van der Waals surface area contributed by atoms with Crippen molar-refractivity contribution in [1.29, 1.82) is 0 Å². The van der Waals surface area contributed by atoms with Gasteiger partial charge >= 0.3 is 7.12 Å². The average molecular weight is 330 g/mol. The first kappa shape index (κ1) is 15.7. The summed E-state index contributed by atoms with van der Waals surface area (Å²) in [6.07, 6.45) is 1.41. The van der Waals surface area contributed by atoms with Crippen molar-refractivity contribution in [2.75, 3.05) is 0 Å². The highest BCUT2D eigenvalue weighted by molar-refractivity contribution is 6.62. The van der Waals surface area contributed by atoms with E-state index in [1.54, 1.807) is 0 Å². The predicted molar refractivity (Wildman–Crippen MR) is 88.9 cm³/mol. The third-order valence-electron chi connectivity index (χ3n) is 3.55. The Kier molecular flexibility index (Phi) is 4.17. The van der Waals surface area contributed by atoms with Crippen molar-refractivity contribution in [2.45, 2.75) is 13.5 Å². The molecule has 2 aromatic heterocycles. The van der Waals surface area contributed by atoms with E-state index in [9.17, 15) is 14.8 Å². The molecule has 6 nitrogen and oxygen atoms in total. The maximum atomic E-state index is 12.6. The minimum Gasteiger partial charge on any atom is -0.423 e. The number of hydrogen-bond donors (Lipinski definition) is 2. The summed E-state index contributed by atoms with van der Waals surface area (Å²) < 4.78 is 1.44. The third-order valence-corrected chi connectivity index (χ3v) is 3.85. The van der Waals surface area contributed by atoms with Gasteiger partial charge in [0.15, 0.2) is 5.65 Å². The van der Waals surface area contributed by atoms with Gasteiger partial charge in [-0.1, -0.05) is 41.4 Å². The Bertz CT molecular complexity index is 926. The summed E-state index contributed by atoms with van der Waals surface area (Å²) in [5.74, 6) is 0. The van der Waals surface area contributed by atoms with Crippen LogP contribution in [0.1, 0.15) is 11.1 Å². The van der Waals surface area contributed by atoms with Crippen molar-refractivity contribution in [3.05, 3.63) is 63.3 Å². The molecule has 2 N–H and O–H groups in total. The van der Waals surface area contributed by atoms with Gasteiger partial charge in [-0.2, -0.15) is 0 Å². The van der Waals surface area contributed by atoms with Crippen molar-refractivity contribution >= 4 is 35.2 Å². The lowest BCUT2D eigenvalue weighted by atomic mass is 9.81. The van der Waals surface area contributed by atoms with Crippen LogP contribution in [-0.4, -0.2) is 31.7 Å². The van der Waals surface area contributed by atoms with Crippen LogP contribution in [0, 0.1) is 6.92 Å². The molecule has 0 unspecified atom stereocenters. The van der Waals surface area contributed by atoms with Crippen LogP contribution in [-0.2, 0) is 6.54 Å². The van der Waals surface area contributed by atoms with Gasteiger partial charge in [0.05, 0.1) is 11.9 Å². The highest BCUT2D eigenvalue weighted by atomic mass is 35.5. The van der Waals surface area contributed by atoms with Crippen LogP contribution >= 0.6 is 11.6 Å². The number of hydrogen-bond acceptors (Lipinski definition) is 5. The first-order valence-electron chi connectivity index (χ1n) is 6.93. The van der Waals surface area contributed by atoms with Crippen LogP contribution in [0.25, 0.3) is 11.0 Å². The van der Waals surface area contributed by atoms with Gasteiger partial charge in [-0.05, 0) is 18.6 Å². The lowest BCUT2D eigenvalue weighted by molar-refractivity contribution is 0.425. The summed E-state index contributed by atoms with van der Waals surface area (Å²) in [6, 6.07) is 9.13. The van der Waals surface area contributed by atoms with Gasteiger partial charge in [0.2, 0.25) is 0 Å². The number of nitrogens with zero attached hydrogens (tertiary/aromatic N) is 3. The number of fused-ring (bicyclic) bond motifs is 1. The molecule has 8 heteroatoms. The molecule has 0 spiro atoms. The molecular formula is C15H13BClN3O3. The van der Waals surface area contributed by atoms with Gasteiger partial charge in [0.1, 0.15) is 11.5 Å². The second kappa shape index (κ2) is 6.12. The van der Waals surface area contributed by atoms with E-state index in [0.717, 1.165) is 11.1 Å². The Hall–Kier alpha value is -2.22. The number of rotatable bonds is 3. The van der Waals surface area contributed by atoms with Crippen molar-refractivity contribution in [3.63, 3.8) is 0 Å². The Balaban J connectivity index is 2.09. The van der Waals surface area contributed by atoms with Crippen LogP contribution in [0.15, 0.2) is 41.5 Å². The lowest BCUT2D eigenvalue weighted by Crippen LogP contribution is -2.33. The first-order valence-corrected chi connectivity index (χ1v) is 7.31. The zero-order chi connectivity index (χ0) is 16.6. The molecule has 3 aromatic rings. The van der Waals surface area contributed by atoms with E-state index in [2.05, 4.69) is 9.97 Å². The van der Waals surface area contributed by atoms with Gasteiger partial charge < -0.3 is 10.0 Å². The molecular weight excluding hydrogens is 316 g/mol. The Labute approximate surface area is 137 Å². The van der Waals surface area contributed by atoms with Crippen molar-refractivity contribution < 1.29 is 10.0 Å². The molecule has 0 amide bonds. The van der Waals surface area contributed by atoms with E-state index in [1.807, 2.05) is 31.2 Å². The molecule has 0 fully saturated rings. The normalized spacial score (nSPS) is 11.0. The van der Waals surface area contributed by atoms with E-state index < -0.39 is 7.12 Å². The number of aromatic nitrogens is 3. The number of pyridine rings is 1. The third kappa shape index (κ3) is 3.12. The van der Waals surface area contributed by atoms with Crippen LogP contribution in [0.3, 0.4) is 0 Å². The Morgan fingerprint density at radius 2 is 1.96 bits per heavy atom. The fourth-order valence-corrected chi connectivity index (χ4v) is 2.50. The van der Waals surface area contributed by atoms with Gasteiger partial charge in [-0.25, -0.2) is 9.97 Å². The second-order valence-electron chi connectivity index (χ2n) is 5.28. The zero-order valence-corrected chi connectivity index (χ0v) is 13.0. The van der Waals surface area contributed by atoms with E-state index in [0.29, 0.717) is 6.54 Å². The quantitative estimate of drug-likeness (QED) is 0.539. The minimum atomic E-state index is -1.80. The minimum absolute atomic E-state index is 0.0221. The monoisotopic (exact) mass is 329 g/mol. The summed E-state index contributed by atoms with van der Waals surface area (Å²) in [6.45, 7) is 2.35. The molecule has 3 rings (SSSR count). The van der Waals surface area contributed by atoms with Crippen LogP contribution in [0.2, 0.25) is 5.15 Å². The van der Waals surface area contributed by atoms with Gasteiger partial charge in [-0.3, -0.25) is 9.36 Å². The Morgan fingerprint density at radius 3 is 2.61 bits per heavy atom. The number of aryl methyl sites for hydroxylation is 1. The predicted octanol–water partition coefficient (Wildman–Crippen LogP) is 0.481. The highest BCUT2D eigenvalue weighted by Gasteiger charge is 2.19. The molecule has 1 aromatic carbocycles. The fourth-order valence-electron chi connectivity index (χ4n) is 2.27. The molecule has 0 aliphatic rings. The molecule has 2 heterocycles. The largest absolute Gasteiger partial charge is 0.491 e. The second-order valence-corrected chi connectivity index (χ2v) is 5.63. The van der Waals surface area contributed by atoms with Crippen molar-refractivity contribution in [2.24, 2.45) is 0 Å². The molecule has 0 atom stereocenters. The van der Waals surface area contributed by atoms with E-state index >= 15 is 0 Å². The van der Waals surface area contributed by atoms with Crippen molar-refractivity contribution in [3.8, 4) is 0 Å². The maximum absolute atomic E-state index is 12.6. The van der Waals surface area contributed by atoms with E-state index in [-0.39, 0.29) is 27.2 Å². The average Bonchev–Trinajstić information content (AvgIpc) is 2.51. The summed E-state index contributed by atoms with van der Waals surface area (Å²) in [4.78, 5) is 20.6. The van der Waals surface area contributed by atoms with Crippen LogP contribution in [0.5, 0.6) is 0 Å². The van der Waals surface area contributed by atoms with Gasteiger partial charge in [0, 0.05) is 5.46 Å². The molecule has 0 aliphatic carbocycles. The number of benzene rings is 1. The topological polar surface area (TPSA) is 88.2 Å². The Morgan fingerprint density at radius 1 is 1.26 bits per heavy atom. The number of halogens is 1. The summed E-state index contributed by atoms with van der Waals surface area (Å²) in [7, 11) is -1.80. The van der Waals surface area contributed by atoms with Crippen LogP contribution < -0.4 is 11.0 Å². The highest BCUT2D eigenvalue weighted by Crippen LogP contribution is 2.10. The fraction of sp³-hybridized carbons (Fsp3) is 0.133. The molecule has 0 bridgehead atoms. The molecule has 23 heavy (non-hydrogen) atoms. The zero-order valence-electron chi connectivity index (χ0n) is 12.3. The summed E-state index contributed by atoms with van der Waals surface area (Å²) >= 11 is 5.85. The SMILES string of the molecule is Cc1ccc(Cn2cnc3nc(Cl)c(B(O)O)cc3c2=O)cc1. The molecule has 0 radical (unpaired) electrons. The molecule has 0 aliphatic heterocycles. The standard InChI is InChI=1S/C15H13BClN3O3/c1-9-2-4-10(5-3-9)7-20-8-18-14-11(15(20)21)6-12(16(22)23)13(17)19-14/h2-6,8,22-23H,7H2,1H3.